The highest BCUT2D eigenvalue weighted by molar-refractivity contribution is 6.23. The van der Waals surface area contributed by atoms with Gasteiger partial charge >= 0.3 is 6.18 Å². The number of carbonyl (C=O) groups is 2. The summed E-state index contributed by atoms with van der Waals surface area (Å²) in [5, 5.41) is 10.9. The average molecular weight is 370 g/mol. The molecule has 2 unspecified atom stereocenters. The standard InChI is InChI=1S/C16H13F3N2O5/c1-15-5-4-10(26-15)11-12(15)14(23)20(13(11)22)7-2-3-9(21(24)25)8(6-7)16(17,18)19/h2-3,6,10-12H,4-5H2,1H3/t10?,11-,12+,15?/m1/s1. The van der Waals surface area contributed by atoms with Gasteiger partial charge in [-0.3, -0.25) is 19.7 Å². The summed E-state index contributed by atoms with van der Waals surface area (Å²) in [7, 11) is 0. The Morgan fingerprint density at radius 3 is 2.58 bits per heavy atom. The molecule has 3 fully saturated rings. The fourth-order valence-corrected chi connectivity index (χ4v) is 4.39. The van der Waals surface area contributed by atoms with Crippen LogP contribution >= 0.6 is 0 Å². The van der Waals surface area contributed by atoms with Gasteiger partial charge in [0.25, 0.3) is 5.69 Å². The predicted molar refractivity (Wildman–Crippen MR) is 80.1 cm³/mol. The largest absolute Gasteiger partial charge is 0.423 e. The van der Waals surface area contributed by atoms with Crippen molar-refractivity contribution in [1.82, 2.24) is 0 Å². The lowest BCUT2D eigenvalue weighted by Gasteiger charge is -2.26. The van der Waals surface area contributed by atoms with E-state index in [-0.39, 0.29) is 5.69 Å². The molecule has 3 aliphatic heterocycles. The third-order valence-corrected chi connectivity index (χ3v) is 5.50. The monoisotopic (exact) mass is 370 g/mol. The van der Waals surface area contributed by atoms with Gasteiger partial charge in [-0.15, -0.1) is 0 Å². The van der Waals surface area contributed by atoms with Gasteiger partial charge < -0.3 is 4.74 Å². The average Bonchev–Trinajstić information content (AvgIpc) is 3.15. The van der Waals surface area contributed by atoms with E-state index in [0.717, 1.165) is 6.07 Å². The molecule has 7 nitrogen and oxygen atoms in total. The number of nitro groups is 1. The van der Waals surface area contributed by atoms with Crippen LogP contribution in [-0.2, 0) is 20.5 Å². The van der Waals surface area contributed by atoms with Crippen LogP contribution in [0.2, 0.25) is 0 Å². The molecule has 4 rings (SSSR count). The molecule has 0 saturated carbocycles. The number of carbonyl (C=O) groups excluding carboxylic acids is 2. The number of nitrogens with zero attached hydrogens (tertiary/aromatic N) is 2. The minimum absolute atomic E-state index is 0.310. The van der Waals surface area contributed by atoms with Crippen molar-refractivity contribution in [1.29, 1.82) is 0 Å². The van der Waals surface area contributed by atoms with E-state index in [4.69, 9.17) is 4.74 Å². The van der Waals surface area contributed by atoms with Crippen molar-refractivity contribution >= 4 is 23.2 Å². The van der Waals surface area contributed by atoms with Gasteiger partial charge in [-0.05, 0) is 31.9 Å². The molecular formula is C16H13F3N2O5. The topological polar surface area (TPSA) is 89.8 Å². The fourth-order valence-electron chi connectivity index (χ4n) is 4.39. The number of anilines is 1. The SMILES string of the molecule is CC12CCC(O1)[C@H]1C(=O)N(c3ccc([N+](=O)[O-])c(C(F)(F)F)c3)C(=O)[C@H]12. The number of halogens is 3. The van der Waals surface area contributed by atoms with Gasteiger partial charge in [-0.2, -0.15) is 13.2 Å². The Kier molecular flexibility index (Phi) is 3.28. The molecule has 2 amide bonds. The first-order chi connectivity index (χ1) is 12.0. The molecule has 3 heterocycles. The lowest BCUT2D eigenvalue weighted by atomic mass is 9.74. The second-order valence-corrected chi connectivity index (χ2v) is 6.98. The van der Waals surface area contributed by atoms with Crippen molar-refractivity contribution < 1.29 is 32.4 Å². The Labute approximate surface area is 144 Å². The molecule has 1 aromatic carbocycles. The van der Waals surface area contributed by atoms with Crippen LogP contribution in [0.3, 0.4) is 0 Å². The number of nitro benzene ring substituents is 1. The van der Waals surface area contributed by atoms with Crippen molar-refractivity contribution in [2.45, 2.75) is 37.6 Å². The van der Waals surface area contributed by atoms with E-state index >= 15 is 0 Å². The molecular weight excluding hydrogens is 357 g/mol. The maximum atomic E-state index is 13.2. The van der Waals surface area contributed by atoms with Crippen LogP contribution in [0.15, 0.2) is 18.2 Å². The van der Waals surface area contributed by atoms with Crippen LogP contribution in [0.1, 0.15) is 25.3 Å². The van der Waals surface area contributed by atoms with Gasteiger partial charge in [0.1, 0.15) is 5.56 Å². The van der Waals surface area contributed by atoms with Crippen LogP contribution in [0, 0.1) is 22.0 Å². The van der Waals surface area contributed by atoms with Gasteiger partial charge in [-0.25, -0.2) is 4.90 Å². The summed E-state index contributed by atoms with van der Waals surface area (Å²) >= 11 is 0. The molecule has 26 heavy (non-hydrogen) atoms. The number of fused-ring (bicyclic) bond motifs is 5. The molecule has 2 bridgehead atoms. The van der Waals surface area contributed by atoms with Crippen LogP contribution in [0.4, 0.5) is 24.5 Å². The zero-order valence-corrected chi connectivity index (χ0v) is 13.4. The minimum atomic E-state index is -4.99. The van der Waals surface area contributed by atoms with Gasteiger partial charge in [0.15, 0.2) is 0 Å². The first-order valence-corrected chi connectivity index (χ1v) is 7.96. The Balaban J connectivity index is 1.78. The number of rotatable bonds is 2. The Morgan fingerprint density at radius 1 is 1.31 bits per heavy atom. The highest BCUT2D eigenvalue weighted by Crippen LogP contribution is 2.55. The van der Waals surface area contributed by atoms with Crippen molar-refractivity contribution in [2.24, 2.45) is 11.8 Å². The Hall–Kier alpha value is -2.49. The summed E-state index contributed by atoms with van der Waals surface area (Å²) in [6, 6.07) is 2.15. The zero-order valence-electron chi connectivity index (χ0n) is 13.4. The fraction of sp³-hybridized carbons (Fsp3) is 0.500. The number of alkyl halides is 3. The summed E-state index contributed by atoms with van der Waals surface area (Å²) < 4.78 is 45.3. The first-order valence-electron chi connectivity index (χ1n) is 7.96. The van der Waals surface area contributed by atoms with Crippen LogP contribution in [-0.4, -0.2) is 28.4 Å². The van der Waals surface area contributed by atoms with E-state index in [1.807, 2.05) is 0 Å². The van der Waals surface area contributed by atoms with Crippen LogP contribution in [0.25, 0.3) is 0 Å². The Morgan fingerprint density at radius 2 is 2.00 bits per heavy atom. The molecule has 0 radical (unpaired) electrons. The van der Waals surface area contributed by atoms with Gasteiger partial charge in [0.2, 0.25) is 11.8 Å². The third kappa shape index (κ3) is 2.11. The maximum absolute atomic E-state index is 13.2. The van der Waals surface area contributed by atoms with E-state index in [0.29, 0.717) is 29.9 Å². The van der Waals surface area contributed by atoms with Crippen LogP contribution in [0.5, 0.6) is 0 Å². The highest BCUT2D eigenvalue weighted by Gasteiger charge is 2.67. The molecule has 10 heteroatoms. The van der Waals surface area contributed by atoms with E-state index in [1.54, 1.807) is 6.92 Å². The van der Waals surface area contributed by atoms with E-state index < -0.39 is 57.7 Å². The van der Waals surface area contributed by atoms with Crippen molar-refractivity contribution in [2.75, 3.05) is 4.90 Å². The second kappa shape index (κ2) is 5.03. The normalized spacial score (nSPS) is 33.1. The lowest BCUT2D eigenvalue weighted by Crippen LogP contribution is -2.39. The van der Waals surface area contributed by atoms with Gasteiger partial charge in [0.05, 0.1) is 34.2 Å². The van der Waals surface area contributed by atoms with Crippen molar-refractivity contribution in [3.63, 3.8) is 0 Å². The molecule has 3 aliphatic rings. The van der Waals surface area contributed by atoms with Crippen LogP contribution < -0.4 is 4.90 Å². The summed E-state index contributed by atoms with van der Waals surface area (Å²) in [5.41, 5.74) is -3.74. The first kappa shape index (κ1) is 17.0. The number of hydrogen-bond acceptors (Lipinski definition) is 5. The number of benzene rings is 1. The number of amides is 2. The molecule has 3 saturated heterocycles. The second-order valence-electron chi connectivity index (χ2n) is 6.98. The number of imide groups is 1. The minimum Gasteiger partial charge on any atom is -0.370 e. The van der Waals surface area contributed by atoms with Crippen molar-refractivity contribution in [3.05, 3.63) is 33.9 Å². The number of hydrogen-bond donors (Lipinski definition) is 0. The highest BCUT2D eigenvalue weighted by atomic mass is 19.4. The molecule has 0 aliphatic carbocycles. The summed E-state index contributed by atoms with van der Waals surface area (Å²) in [6.07, 6.45) is -4.21. The summed E-state index contributed by atoms with van der Waals surface area (Å²) in [4.78, 5) is 35.9. The van der Waals surface area contributed by atoms with E-state index in [9.17, 15) is 32.9 Å². The maximum Gasteiger partial charge on any atom is 0.423 e. The molecule has 0 spiro atoms. The quantitative estimate of drug-likeness (QED) is 0.454. The molecule has 4 atom stereocenters. The Bertz CT molecular complexity index is 855. The third-order valence-electron chi connectivity index (χ3n) is 5.50. The van der Waals surface area contributed by atoms with E-state index in [1.165, 1.54) is 0 Å². The lowest BCUT2D eigenvalue weighted by molar-refractivity contribution is -0.388. The molecule has 0 aromatic heterocycles. The molecule has 1 aromatic rings. The predicted octanol–water partition coefficient (Wildman–Crippen LogP) is 2.67. The van der Waals surface area contributed by atoms with Crippen molar-refractivity contribution in [3.8, 4) is 0 Å². The smallest absolute Gasteiger partial charge is 0.370 e. The number of ether oxygens (including phenoxy) is 1. The van der Waals surface area contributed by atoms with E-state index in [2.05, 4.69) is 0 Å². The zero-order chi connectivity index (χ0) is 19.0. The molecule has 138 valence electrons. The summed E-state index contributed by atoms with van der Waals surface area (Å²) in [5.74, 6) is -2.69. The van der Waals surface area contributed by atoms with Gasteiger partial charge in [0, 0.05) is 6.07 Å². The van der Waals surface area contributed by atoms with Gasteiger partial charge in [-0.1, -0.05) is 0 Å². The summed E-state index contributed by atoms with van der Waals surface area (Å²) in [6.45, 7) is 1.73. The molecule has 0 N–H and O–H groups in total.